The first-order chi connectivity index (χ1) is 9.14. The molecule has 126 valence electrons. The van der Waals surface area contributed by atoms with E-state index in [1.54, 1.807) is 0 Å². The second-order valence-electron chi connectivity index (χ2n) is 6.88. The fraction of sp³-hybridized carbons (Fsp3) is 1.00. The van der Waals surface area contributed by atoms with Gasteiger partial charge in [0, 0.05) is 5.41 Å². The van der Waals surface area contributed by atoms with E-state index in [9.17, 15) is 13.2 Å². The first-order valence-corrected chi connectivity index (χ1v) is 10.2. The molecule has 0 saturated heterocycles. The second-order valence-corrected chi connectivity index (χ2v) is 10.6. The number of halogens is 3. The van der Waals surface area contributed by atoms with Crippen molar-refractivity contribution >= 4 is 21.0 Å². The van der Waals surface area contributed by atoms with Crippen molar-refractivity contribution in [1.29, 1.82) is 0 Å². The van der Waals surface area contributed by atoms with E-state index in [1.807, 2.05) is 0 Å². The Bertz CT molecular complexity index is 485. The molecule has 3 nitrogen and oxygen atoms in total. The van der Waals surface area contributed by atoms with Gasteiger partial charge >= 0.3 is 5.51 Å². The molecule has 3 atom stereocenters. The third-order valence-corrected chi connectivity index (χ3v) is 7.98. The van der Waals surface area contributed by atoms with E-state index in [4.69, 9.17) is 13.0 Å². The zero-order valence-corrected chi connectivity index (χ0v) is 14.6. The molecule has 2 aliphatic carbocycles. The largest absolute Gasteiger partial charge is 0.741 e. The van der Waals surface area contributed by atoms with Crippen LogP contribution in [0.4, 0.5) is 13.2 Å². The summed E-state index contributed by atoms with van der Waals surface area (Å²) >= 11 is 0. The highest BCUT2D eigenvalue weighted by molar-refractivity contribution is 7.96. The first kappa shape index (κ1) is 19.1. The van der Waals surface area contributed by atoms with Gasteiger partial charge in [0.15, 0.2) is 10.1 Å². The van der Waals surface area contributed by atoms with Crippen LogP contribution in [0, 0.1) is 16.7 Å². The molecule has 0 N–H and O–H groups in total. The lowest BCUT2D eigenvalue weighted by Gasteiger charge is -2.36. The average Bonchev–Trinajstić information content (AvgIpc) is 2.58. The molecule has 2 bridgehead atoms. The van der Waals surface area contributed by atoms with Gasteiger partial charge in [-0.05, 0) is 41.5 Å². The topological polar surface area (TPSA) is 57.2 Å². The van der Waals surface area contributed by atoms with E-state index in [1.165, 1.54) is 19.3 Å². The van der Waals surface area contributed by atoms with E-state index in [-0.39, 0.29) is 0 Å². The Morgan fingerprint density at radius 3 is 1.76 bits per heavy atom. The average molecular weight is 348 g/mol. The molecule has 21 heavy (non-hydrogen) atoms. The normalized spacial score (nSPS) is 34.8. The van der Waals surface area contributed by atoms with Crippen LogP contribution in [0.25, 0.3) is 0 Å². The third-order valence-electron chi connectivity index (χ3n) is 5.57. The fourth-order valence-electron chi connectivity index (χ4n) is 3.84. The predicted octanol–water partition coefficient (Wildman–Crippen LogP) is 3.13. The monoisotopic (exact) mass is 348 g/mol. The van der Waals surface area contributed by atoms with Gasteiger partial charge in [0.1, 0.15) is 5.25 Å². The Hall–Kier alpha value is 0.0500. The zero-order valence-electron chi connectivity index (χ0n) is 13.0. The molecule has 0 aromatic carbocycles. The smallest absolute Gasteiger partial charge is 0.485 e. The number of hydrogen-bond donors (Lipinski definition) is 0. The van der Waals surface area contributed by atoms with E-state index in [0.29, 0.717) is 21.7 Å². The Labute approximate surface area is 127 Å². The van der Waals surface area contributed by atoms with E-state index < -0.39 is 15.6 Å². The van der Waals surface area contributed by atoms with Gasteiger partial charge in [-0.1, -0.05) is 20.8 Å². The summed E-state index contributed by atoms with van der Waals surface area (Å²) in [5, 5.41) is 1.02. The minimum atomic E-state index is -6.09. The molecule has 8 heteroatoms. The van der Waals surface area contributed by atoms with Crippen molar-refractivity contribution in [3.05, 3.63) is 0 Å². The Morgan fingerprint density at radius 1 is 1.19 bits per heavy atom. The number of alkyl halides is 3. The standard InChI is InChI=1S/C12H23S.CHF3O3S/c1-11(2)9-6-7-12(11,3)10(8-9)13(4)5;2-1(3,4)8(5,6)7/h9-10H,6-8H2,1-5H3;(H,5,6,7)/q+1;/p-1. The minimum absolute atomic E-state index is 0.620. The van der Waals surface area contributed by atoms with Crippen LogP contribution in [-0.4, -0.2) is 36.2 Å². The lowest BCUT2D eigenvalue weighted by molar-refractivity contribution is -0.0517. The van der Waals surface area contributed by atoms with Crippen molar-refractivity contribution in [3.63, 3.8) is 0 Å². The fourth-order valence-corrected chi connectivity index (χ4v) is 5.92. The molecular formula is C13H23F3O3S2. The number of fused-ring (bicyclic) bond motifs is 2. The van der Waals surface area contributed by atoms with Gasteiger partial charge in [-0.25, -0.2) is 8.42 Å². The summed E-state index contributed by atoms with van der Waals surface area (Å²) in [6, 6.07) is 0. The second kappa shape index (κ2) is 5.60. The van der Waals surface area contributed by atoms with Crippen LogP contribution in [0.1, 0.15) is 40.0 Å². The van der Waals surface area contributed by atoms with Crippen LogP contribution in [0.2, 0.25) is 0 Å². The van der Waals surface area contributed by atoms with Gasteiger partial charge < -0.3 is 4.55 Å². The molecular weight excluding hydrogens is 325 g/mol. The van der Waals surface area contributed by atoms with Gasteiger partial charge in [-0.2, -0.15) is 13.2 Å². The number of rotatable bonds is 1. The van der Waals surface area contributed by atoms with Gasteiger partial charge in [-0.3, -0.25) is 0 Å². The lowest BCUT2D eigenvalue weighted by atomic mass is 9.71. The molecule has 0 heterocycles. The maximum Gasteiger partial charge on any atom is 0.485 e. The van der Waals surface area contributed by atoms with Crippen molar-refractivity contribution in [2.45, 2.75) is 50.8 Å². The van der Waals surface area contributed by atoms with Gasteiger partial charge in [0.2, 0.25) is 0 Å². The molecule has 0 spiro atoms. The maximum atomic E-state index is 10.7. The highest BCUT2D eigenvalue weighted by Gasteiger charge is 2.65. The summed E-state index contributed by atoms with van der Waals surface area (Å²) in [5.74, 6) is 1.03. The Kier molecular flexibility index (Phi) is 5.09. The van der Waals surface area contributed by atoms with Crippen molar-refractivity contribution in [3.8, 4) is 0 Å². The molecule has 2 saturated carbocycles. The summed E-state index contributed by atoms with van der Waals surface area (Å²) in [7, 11) is -5.47. The first-order valence-electron chi connectivity index (χ1n) is 6.73. The molecule has 2 fully saturated rings. The molecule has 0 amide bonds. The lowest BCUT2D eigenvalue weighted by Crippen LogP contribution is -2.39. The minimum Gasteiger partial charge on any atom is -0.741 e. The van der Waals surface area contributed by atoms with Gasteiger partial charge in [0.25, 0.3) is 0 Å². The maximum absolute atomic E-state index is 10.7. The Morgan fingerprint density at radius 2 is 1.62 bits per heavy atom. The van der Waals surface area contributed by atoms with Crippen LogP contribution >= 0.6 is 0 Å². The Balaban J connectivity index is 0.000000240. The summed E-state index contributed by atoms with van der Waals surface area (Å²) in [4.78, 5) is 0. The van der Waals surface area contributed by atoms with E-state index in [2.05, 4.69) is 33.3 Å². The highest BCUT2D eigenvalue weighted by Crippen LogP contribution is 2.66. The van der Waals surface area contributed by atoms with Crippen LogP contribution in [0.3, 0.4) is 0 Å². The third kappa shape index (κ3) is 3.37. The molecule has 0 aromatic heterocycles. The summed E-state index contributed by atoms with van der Waals surface area (Å²) in [5.41, 5.74) is -4.37. The van der Waals surface area contributed by atoms with Crippen molar-refractivity contribution < 1.29 is 26.1 Å². The van der Waals surface area contributed by atoms with Crippen molar-refractivity contribution in [2.75, 3.05) is 12.5 Å². The predicted molar refractivity (Wildman–Crippen MR) is 78.0 cm³/mol. The SMILES string of the molecule is C[S+](C)C1CC2CCC1(C)C2(C)C.O=S(=O)([O-])C(F)(F)F. The van der Waals surface area contributed by atoms with Crippen LogP contribution in [0.15, 0.2) is 0 Å². The number of hydrogen-bond acceptors (Lipinski definition) is 3. The zero-order chi connectivity index (χ0) is 16.9. The van der Waals surface area contributed by atoms with Crippen LogP contribution < -0.4 is 0 Å². The van der Waals surface area contributed by atoms with Crippen LogP contribution in [-0.2, 0) is 21.0 Å². The van der Waals surface area contributed by atoms with Crippen molar-refractivity contribution in [2.24, 2.45) is 16.7 Å². The van der Waals surface area contributed by atoms with Gasteiger partial charge in [0.05, 0.1) is 12.5 Å². The summed E-state index contributed by atoms with van der Waals surface area (Å²) in [6.45, 7) is 7.58. The molecule has 0 aromatic rings. The summed E-state index contributed by atoms with van der Waals surface area (Å²) < 4.78 is 58.9. The van der Waals surface area contributed by atoms with Crippen LogP contribution in [0.5, 0.6) is 0 Å². The van der Waals surface area contributed by atoms with E-state index >= 15 is 0 Å². The summed E-state index contributed by atoms with van der Waals surface area (Å²) in [6.07, 6.45) is 9.37. The van der Waals surface area contributed by atoms with Gasteiger partial charge in [-0.15, -0.1) is 0 Å². The molecule has 2 aliphatic rings. The van der Waals surface area contributed by atoms with E-state index in [0.717, 1.165) is 11.2 Å². The molecule has 3 unspecified atom stereocenters. The molecule has 2 rings (SSSR count). The molecule has 0 radical (unpaired) electrons. The van der Waals surface area contributed by atoms with Crippen molar-refractivity contribution in [1.82, 2.24) is 0 Å². The molecule has 0 aliphatic heterocycles. The quantitative estimate of drug-likeness (QED) is 0.416. The highest BCUT2D eigenvalue weighted by atomic mass is 32.2.